The van der Waals surface area contributed by atoms with Gasteiger partial charge in [-0.1, -0.05) is 12.1 Å². The van der Waals surface area contributed by atoms with E-state index in [1.807, 2.05) is 0 Å². The third-order valence-electron chi connectivity index (χ3n) is 4.52. The summed E-state index contributed by atoms with van der Waals surface area (Å²) in [5.74, 6) is 0.182. The Hall–Kier alpha value is -2.65. The fourth-order valence-corrected chi connectivity index (χ4v) is 4.76. The summed E-state index contributed by atoms with van der Waals surface area (Å²) in [7, 11) is -3.79. The number of phenolic OH excluding ortho intramolecular Hbond substituents is 1. The van der Waals surface area contributed by atoms with Crippen LogP contribution in [-0.4, -0.2) is 42.4 Å². The third-order valence-corrected chi connectivity index (χ3v) is 6.46. The molecule has 0 radical (unpaired) electrons. The molecule has 8 nitrogen and oxygen atoms in total. The van der Waals surface area contributed by atoms with Gasteiger partial charge in [0.05, 0.1) is 10.6 Å². The number of nitrogens with zero attached hydrogens (tertiary/aromatic N) is 2. The van der Waals surface area contributed by atoms with Crippen LogP contribution < -0.4 is 5.32 Å². The van der Waals surface area contributed by atoms with Crippen LogP contribution in [0.2, 0.25) is 0 Å². The summed E-state index contributed by atoms with van der Waals surface area (Å²) < 4.78 is 27.2. The van der Waals surface area contributed by atoms with Crippen LogP contribution in [0.3, 0.4) is 0 Å². The van der Waals surface area contributed by atoms with Crippen LogP contribution in [-0.2, 0) is 16.4 Å². The molecule has 3 rings (SSSR count). The van der Waals surface area contributed by atoms with Crippen LogP contribution in [0.4, 0.5) is 11.4 Å². The number of phenols is 1. The van der Waals surface area contributed by atoms with Crippen molar-refractivity contribution in [3.8, 4) is 5.75 Å². The third kappa shape index (κ3) is 4.37. The molecule has 0 aromatic heterocycles. The lowest BCUT2D eigenvalue weighted by Crippen LogP contribution is -2.28. The van der Waals surface area contributed by atoms with Crippen LogP contribution in [0.25, 0.3) is 0 Å². The Bertz CT molecular complexity index is 923. The first-order valence-corrected chi connectivity index (χ1v) is 10.1. The van der Waals surface area contributed by atoms with E-state index in [-0.39, 0.29) is 16.3 Å². The van der Waals surface area contributed by atoms with Gasteiger partial charge in [-0.25, -0.2) is 8.42 Å². The number of benzene rings is 2. The van der Waals surface area contributed by atoms with Gasteiger partial charge in [-0.15, -0.1) is 0 Å². The zero-order valence-electron chi connectivity index (χ0n) is 14.7. The fraction of sp³-hybridized carbons (Fsp3) is 0.333. The number of nitrogens with one attached hydrogen (secondary N) is 1. The van der Waals surface area contributed by atoms with Crippen LogP contribution in [0.15, 0.2) is 47.4 Å². The molecule has 0 unspecified atom stereocenters. The number of hydrogen-bond acceptors (Lipinski definition) is 6. The van der Waals surface area contributed by atoms with Gasteiger partial charge in [0.15, 0.2) is 0 Å². The topological polar surface area (TPSA) is 113 Å². The van der Waals surface area contributed by atoms with Gasteiger partial charge >= 0.3 is 0 Å². The summed E-state index contributed by atoms with van der Waals surface area (Å²) in [5.41, 5.74) is 1.08. The molecular formula is C18H21N3O5S. The molecule has 2 N–H and O–H groups in total. The average Bonchev–Trinajstić information content (AvgIpc) is 3.19. The second-order valence-corrected chi connectivity index (χ2v) is 8.30. The summed E-state index contributed by atoms with van der Waals surface area (Å²) in [6.45, 7) is 1.31. The molecule has 1 saturated heterocycles. The molecule has 1 heterocycles. The van der Waals surface area contributed by atoms with Crippen molar-refractivity contribution in [1.29, 1.82) is 0 Å². The Labute approximate surface area is 157 Å². The van der Waals surface area contributed by atoms with E-state index < -0.39 is 14.9 Å². The van der Waals surface area contributed by atoms with Crippen molar-refractivity contribution in [2.75, 3.05) is 25.0 Å². The molecule has 0 atom stereocenters. The molecule has 2 aromatic carbocycles. The Kier molecular flexibility index (Phi) is 5.62. The first-order valence-electron chi connectivity index (χ1n) is 8.68. The second-order valence-electron chi connectivity index (χ2n) is 6.39. The largest absolute Gasteiger partial charge is 0.508 e. The number of sulfonamides is 1. The Morgan fingerprint density at radius 2 is 1.78 bits per heavy atom. The van der Waals surface area contributed by atoms with E-state index >= 15 is 0 Å². The van der Waals surface area contributed by atoms with E-state index in [1.54, 1.807) is 24.3 Å². The SMILES string of the molecule is O=[N+]([O-])c1ccc(NCCc2ccc(O)cc2)c(S(=O)(=O)N2CCCC2)c1. The molecule has 0 spiro atoms. The summed E-state index contributed by atoms with van der Waals surface area (Å²) in [5, 5.41) is 23.5. The van der Waals surface area contributed by atoms with Crippen molar-refractivity contribution in [3.05, 3.63) is 58.1 Å². The van der Waals surface area contributed by atoms with Gasteiger partial charge in [0, 0.05) is 31.8 Å². The highest BCUT2D eigenvalue weighted by atomic mass is 32.2. The average molecular weight is 391 g/mol. The lowest BCUT2D eigenvalue weighted by Gasteiger charge is -2.18. The maximum atomic E-state index is 12.9. The zero-order chi connectivity index (χ0) is 19.4. The maximum absolute atomic E-state index is 12.9. The smallest absolute Gasteiger partial charge is 0.270 e. The lowest BCUT2D eigenvalue weighted by molar-refractivity contribution is -0.385. The molecule has 0 aliphatic carbocycles. The summed E-state index contributed by atoms with van der Waals surface area (Å²) in [4.78, 5) is 10.4. The molecule has 0 bridgehead atoms. The van der Waals surface area contributed by atoms with Gasteiger partial charge in [0.1, 0.15) is 10.6 Å². The molecule has 0 saturated carbocycles. The highest BCUT2D eigenvalue weighted by Crippen LogP contribution is 2.30. The molecule has 0 amide bonds. The first kappa shape index (κ1) is 19.1. The Morgan fingerprint density at radius 3 is 2.41 bits per heavy atom. The maximum Gasteiger partial charge on any atom is 0.270 e. The second kappa shape index (κ2) is 7.93. The molecule has 144 valence electrons. The van der Waals surface area contributed by atoms with E-state index in [1.165, 1.54) is 16.4 Å². The number of nitro benzene ring substituents is 1. The van der Waals surface area contributed by atoms with Gasteiger partial charge in [-0.3, -0.25) is 10.1 Å². The van der Waals surface area contributed by atoms with Gasteiger partial charge < -0.3 is 10.4 Å². The van der Waals surface area contributed by atoms with Gasteiger partial charge in [-0.2, -0.15) is 4.31 Å². The molecule has 9 heteroatoms. The minimum Gasteiger partial charge on any atom is -0.508 e. The summed E-state index contributed by atoms with van der Waals surface area (Å²) in [6.07, 6.45) is 2.19. The van der Waals surface area contributed by atoms with Gasteiger partial charge in [-0.05, 0) is 43.0 Å². The minimum atomic E-state index is -3.79. The number of non-ortho nitro benzene ring substituents is 1. The van der Waals surface area contributed by atoms with Crippen molar-refractivity contribution in [3.63, 3.8) is 0 Å². The number of hydrogen-bond donors (Lipinski definition) is 2. The van der Waals surface area contributed by atoms with Crippen molar-refractivity contribution >= 4 is 21.4 Å². The lowest BCUT2D eigenvalue weighted by atomic mass is 10.1. The zero-order valence-corrected chi connectivity index (χ0v) is 15.5. The first-order chi connectivity index (χ1) is 12.9. The number of nitro groups is 1. The van der Waals surface area contributed by atoms with E-state index in [4.69, 9.17) is 0 Å². The normalized spacial score (nSPS) is 15.0. The number of aromatic hydroxyl groups is 1. The highest BCUT2D eigenvalue weighted by molar-refractivity contribution is 7.89. The monoisotopic (exact) mass is 391 g/mol. The van der Waals surface area contributed by atoms with Crippen molar-refractivity contribution in [2.24, 2.45) is 0 Å². The van der Waals surface area contributed by atoms with Crippen LogP contribution in [0.1, 0.15) is 18.4 Å². The van der Waals surface area contributed by atoms with Crippen molar-refractivity contribution < 1.29 is 18.4 Å². The molecular weight excluding hydrogens is 370 g/mol. The standard InChI is InChI=1S/C18H21N3O5S/c22-16-6-3-14(4-7-16)9-10-19-17-8-5-15(21(23)24)13-18(17)27(25,26)20-11-1-2-12-20/h3-8,13,19,22H,1-2,9-12H2. The van der Waals surface area contributed by atoms with Crippen LogP contribution in [0.5, 0.6) is 5.75 Å². The molecule has 1 aliphatic rings. The van der Waals surface area contributed by atoms with Crippen LogP contribution >= 0.6 is 0 Å². The predicted octanol–water partition coefficient (Wildman–Crippen LogP) is 2.74. The molecule has 1 aliphatic heterocycles. The van der Waals surface area contributed by atoms with Crippen LogP contribution in [0, 0.1) is 10.1 Å². The predicted molar refractivity (Wildman–Crippen MR) is 101 cm³/mol. The van der Waals surface area contributed by atoms with Gasteiger partial charge in [0.25, 0.3) is 5.69 Å². The quantitative estimate of drug-likeness (QED) is 0.554. The van der Waals surface area contributed by atoms with Crippen molar-refractivity contribution in [1.82, 2.24) is 4.31 Å². The van der Waals surface area contributed by atoms with Crippen molar-refractivity contribution in [2.45, 2.75) is 24.2 Å². The van der Waals surface area contributed by atoms with E-state index in [9.17, 15) is 23.6 Å². The molecule has 27 heavy (non-hydrogen) atoms. The molecule has 2 aromatic rings. The summed E-state index contributed by atoms with van der Waals surface area (Å²) in [6, 6.07) is 10.6. The Morgan fingerprint density at radius 1 is 1.11 bits per heavy atom. The molecule has 1 fully saturated rings. The summed E-state index contributed by atoms with van der Waals surface area (Å²) >= 11 is 0. The minimum absolute atomic E-state index is 0.0655. The number of rotatable bonds is 7. The van der Waals surface area contributed by atoms with E-state index in [0.29, 0.717) is 31.7 Å². The fourth-order valence-electron chi connectivity index (χ4n) is 3.06. The van der Waals surface area contributed by atoms with E-state index in [2.05, 4.69) is 5.32 Å². The highest BCUT2D eigenvalue weighted by Gasteiger charge is 2.30. The van der Waals surface area contributed by atoms with Gasteiger partial charge in [0.2, 0.25) is 10.0 Å². The Balaban J connectivity index is 1.83. The van der Waals surface area contributed by atoms with E-state index in [0.717, 1.165) is 24.5 Å². The number of anilines is 1.